The van der Waals surface area contributed by atoms with E-state index in [-0.39, 0.29) is 0 Å². The topological polar surface area (TPSA) is 29.1 Å². The van der Waals surface area contributed by atoms with Crippen LogP contribution in [0.2, 0.25) is 0 Å². The second kappa shape index (κ2) is 3.91. The lowest BCUT2D eigenvalue weighted by Gasteiger charge is -2.08. The Bertz CT molecular complexity index is 201. The average molecular weight is 199 g/mol. The minimum atomic E-state index is 0.308. The molecule has 1 N–H and O–H groups in total. The molecule has 0 aromatic carbocycles. The highest BCUT2D eigenvalue weighted by atomic mass is 32.2. The lowest BCUT2D eigenvalue weighted by atomic mass is 10.1. The normalized spacial score (nSPS) is 37.5. The van der Waals surface area contributed by atoms with Crippen LogP contribution in [0.25, 0.3) is 0 Å². The van der Waals surface area contributed by atoms with E-state index in [0.717, 1.165) is 18.1 Å². The lowest BCUT2D eigenvalue weighted by molar-refractivity contribution is -0.124. The smallest absolute Gasteiger partial charge is 0.224 e. The maximum atomic E-state index is 11.6. The number of carbonyl (C=O) groups is 1. The maximum Gasteiger partial charge on any atom is 0.224 e. The molecular formula is C10H17NOS. The third-order valence-electron chi connectivity index (χ3n) is 3.08. The summed E-state index contributed by atoms with van der Waals surface area (Å²) in [5.74, 6) is 3.60. The molecule has 0 aromatic rings. The van der Waals surface area contributed by atoms with Gasteiger partial charge in [0.15, 0.2) is 0 Å². The van der Waals surface area contributed by atoms with E-state index in [1.165, 1.54) is 18.6 Å². The Morgan fingerprint density at radius 3 is 3.00 bits per heavy atom. The van der Waals surface area contributed by atoms with Gasteiger partial charge in [0.2, 0.25) is 5.91 Å². The second-order valence-electron chi connectivity index (χ2n) is 4.08. The summed E-state index contributed by atoms with van der Waals surface area (Å²) in [4.78, 5) is 11.6. The van der Waals surface area contributed by atoms with Crippen LogP contribution in [0, 0.1) is 11.8 Å². The van der Waals surface area contributed by atoms with E-state index >= 15 is 0 Å². The molecule has 2 nitrogen and oxygen atoms in total. The summed E-state index contributed by atoms with van der Waals surface area (Å²) >= 11 is 1.90. The molecule has 1 aliphatic heterocycles. The first kappa shape index (κ1) is 9.38. The standard InChI is InChI=1S/C10H17NOS/c1-2-7-5-9(7)11-10(12)8-3-4-13-6-8/h7-9H,2-6H2,1H3,(H,11,12). The Labute approximate surface area is 83.8 Å². The molecule has 2 fully saturated rings. The second-order valence-corrected chi connectivity index (χ2v) is 5.23. The van der Waals surface area contributed by atoms with Gasteiger partial charge >= 0.3 is 0 Å². The van der Waals surface area contributed by atoms with Crippen LogP contribution in [0.3, 0.4) is 0 Å². The van der Waals surface area contributed by atoms with Crippen molar-refractivity contribution in [1.82, 2.24) is 5.32 Å². The predicted octanol–water partition coefficient (Wildman–Crippen LogP) is 1.65. The summed E-state index contributed by atoms with van der Waals surface area (Å²) in [6.07, 6.45) is 3.51. The van der Waals surface area contributed by atoms with Crippen molar-refractivity contribution in [2.24, 2.45) is 11.8 Å². The summed E-state index contributed by atoms with van der Waals surface area (Å²) in [5.41, 5.74) is 0. The monoisotopic (exact) mass is 199 g/mol. The molecule has 1 saturated carbocycles. The van der Waals surface area contributed by atoms with Gasteiger partial charge in [0, 0.05) is 17.7 Å². The van der Waals surface area contributed by atoms with Gasteiger partial charge in [-0.05, 0) is 24.5 Å². The van der Waals surface area contributed by atoms with Crippen molar-refractivity contribution in [1.29, 1.82) is 0 Å². The number of thioether (sulfide) groups is 1. The first-order chi connectivity index (χ1) is 6.31. The van der Waals surface area contributed by atoms with Crippen LogP contribution in [-0.4, -0.2) is 23.5 Å². The van der Waals surface area contributed by atoms with Crippen molar-refractivity contribution in [3.8, 4) is 0 Å². The van der Waals surface area contributed by atoms with Crippen LogP contribution >= 0.6 is 11.8 Å². The fourth-order valence-electron chi connectivity index (χ4n) is 1.92. The molecular weight excluding hydrogens is 182 g/mol. The Morgan fingerprint density at radius 1 is 1.62 bits per heavy atom. The fraction of sp³-hybridized carbons (Fsp3) is 0.900. The molecule has 1 heterocycles. The molecule has 3 atom stereocenters. The highest BCUT2D eigenvalue weighted by molar-refractivity contribution is 7.99. The van der Waals surface area contributed by atoms with E-state index < -0.39 is 0 Å². The predicted molar refractivity (Wildman–Crippen MR) is 55.8 cm³/mol. The number of amides is 1. The lowest BCUT2D eigenvalue weighted by Crippen LogP contribution is -2.33. The van der Waals surface area contributed by atoms with E-state index in [1.54, 1.807) is 0 Å². The van der Waals surface area contributed by atoms with Crippen LogP contribution in [0.15, 0.2) is 0 Å². The first-order valence-electron chi connectivity index (χ1n) is 5.19. The minimum absolute atomic E-state index is 0.308. The maximum absolute atomic E-state index is 11.6. The van der Waals surface area contributed by atoms with Crippen molar-refractivity contribution >= 4 is 17.7 Å². The van der Waals surface area contributed by atoms with Gasteiger partial charge < -0.3 is 5.32 Å². The average Bonchev–Trinajstić information content (AvgIpc) is 2.68. The summed E-state index contributed by atoms with van der Waals surface area (Å²) in [6, 6.07) is 0.517. The zero-order chi connectivity index (χ0) is 9.26. The molecule has 1 aliphatic carbocycles. The van der Waals surface area contributed by atoms with Gasteiger partial charge in [-0.2, -0.15) is 11.8 Å². The summed E-state index contributed by atoms with van der Waals surface area (Å²) < 4.78 is 0. The number of hydrogen-bond donors (Lipinski definition) is 1. The molecule has 3 unspecified atom stereocenters. The molecule has 2 rings (SSSR count). The number of carbonyl (C=O) groups excluding carboxylic acids is 1. The molecule has 1 saturated heterocycles. The van der Waals surface area contributed by atoms with Gasteiger partial charge in [0.25, 0.3) is 0 Å². The van der Waals surface area contributed by atoms with Crippen molar-refractivity contribution < 1.29 is 4.79 Å². The van der Waals surface area contributed by atoms with E-state index in [0.29, 0.717) is 17.9 Å². The van der Waals surface area contributed by atoms with E-state index in [2.05, 4.69) is 12.2 Å². The van der Waals surface area contributed by atoms with Crippen molar-refractivity contribution in [3.63, 3.8) is 0 Å². The molecule has 1 amide bonds. The van der Waals surface area contributed by atoms with Gasteiger partial charge in [-0.25, -0.2) is 0 Å². The Balaban J connectivity index is 1.72. The van der Waals surface area contributed by atoms with E-state index in [9.17, 15) is 4.79 Å². The molecule has 0 aromatic heterocycles. The Hall–Kier alpha value is -0.180. The fourth-order valence-corrected chi connectivity index (χ4v) is 3.14. The van der Waals surface area contributed by atoms with Gasteiger partial charge in [0.1, 0.15) is 0 Å². The SMILES string of the molecule is CCC1CC1NC(=O)C1CCSC1. The zero-order valence-electron chi connectivity index (χ0n) is 8.08. The van der Waals surface area contributed by atoms with E-state index in [4.69, 9.17) is 0 Å². The third kappa shape index (κ3) is 2.19. The summed E-state index contributed by atoms with van der Waals surface area (Å²) in [7, 11) is 0. The van der Waals surface area contributed by atoms with Gasteiger partial charge in [-0.15, -0.1) is 0 Å². The molecule has 74 valence electrons. The van der Waals surface area contributed by atoms with Crippen LogP contribution in [0.1, 0.15) is 26.2 Å². The first-order valence-corrected chi connectivity index (χ1v) is 6.35. The number of hydrogen-bond acceptors (Lipinski definition) is 2. The molecule has 0 radical (unpaired) electrons. The molecule has 3 heteroatoms. The Kier molecular flexibility index (Phi) is 2.82. The minimum Gasteiger partial charge on any atom is -0.353 e. The summed E-state index contributed by atoms with van der Waals surface area (Å²) in [5, 5.41) is 3.14. The van der Waals surface area contributed by atoms with Crippen molar-refractivity contribution in [3.05, 3.63) is 0 Å². The van der Waals surface area contributed by atoms with E-state index in [1.807, 2.05) is 11.8 Å². The van der Waals surface area contributed by atoms with Crippen molar-refractivity contribution in [2.45, 2.75) is 32.2 Å². The van der Waals surface area contributed by atoms with Crippen molar-refractivity contribution in [2.75, 3.05) is 11.5 Å². The molecule has 0 spiro atoms. The number of rotatable bonds is 3. The van der Waals surface area contributed by atoms with Crippen LogP contribution in [0.4, 0.5) is 0 Å². The van der Waals surface area contributed by atoms with Crippen LogP contribution in [-0.2, 0) is 4.79 Å². The molecule has 0 bridgehead atoms. The summed E-state index contributed by atoms with van der Waals surface area (Å²) in [6.45, 7) is 2.20. The zero-order valence-corrected chi connectivity index (χ0v) is 8.90. The third-order valence-corrected chi connectivity index (χ3v) is 4.24. The highest BCUT2D eigenvalue weighted by Crippen LogP contribution is 2.34. The quantitative estimate of drug-likeness (QED) is 0.749. The van der Waals surface area contributed by atoms with Crippen LogP contribution in [0.5, 0.6) is 0 Å². The Morgan fingerprint density at radius 2 is 2.46 bits per heavy atom. The number of nitrogens with one attached hydrogen (secondary N) is 1. The van der Waals surface area contributed by atoms with Gasteiger partial charge in [-0.3, -0.25) is 4.79 Å². The molecule has 2 aliphatic rings. The highest BCUT2D eigenvalue weighted by Gasteiger charge is 2.38. The van der Waals surface area contributed by atoms with Gasteiger partial charge in [0.05, 0.1) is 0 Å². The van der Waals surface area contributed by atoms with Crippen LogP contribution < -0.4 is 5.32 Å². The molecule has 13 heavy (non-hydrogen) atoms. The van der Waals surface area contributed by atoms with Gasteiger partial charge in [-0.1, -0.05) is 13.3 Å². The largest absolute Gasteiger partial charge is 0.353 e.